The molecule has 2 atom stereocenters. The molecule has 1 fully saturated rings. The molecule has 1 aromatic rings. The standard InChI is InChI=1S/C11H11F3O3/c1-7-2-4-8(5-3-7)9-6-10(15,17-16-9)11(12,13)14/h2-5,9,15H,6H2,1H3/t9-,10?/m0/s1. The summed E-state index contributed by atoms with van der Waals surface area (Å²) < 4.78 is 37.3. The van der Waals surface area contributed by atoms with Gasteiger partial charge in [-0.15, -0.1) is 0 Å². The number of aliphatic hydroxyl groups is 1. The second kappa shape index (κ2) is 3.97. The van der Waals surface area contributed by atoms with E-state index in [-0.39, 0.29) is 0 Å². The van der Waals surface area contributed by atoms with Gasteiger partial charge < -0.3 is 5.11 Å². The Kier molecular flexibility index (Phi) is 2.89. The van der Waals surface area contributed by atoms with Crippen LogP contribution >= 0.6 is 0 Å². The number of halogens is 3. The van der Waals surface area contributed by atoms with Gasteiger partial charge in [0.2, 0.25) is 0 Å². The Labute approximate surface area is 95.7 Å². The zero-order valence-corrected chi connectivity index (χ0v) is 8.99. The molecule has 0 aromatic heterocycles. The smallest absolute Gasteiger partial charge is 0.356 e. The van der Waals surface area contributed by atoms with Crippen LogP contribution < -0.4 is 0 Å². The Bertz CT molecular complexity index is 401. The van der Waals surface area contributed by atoms with Crippen LogP contribution in [0.15, 0.2) is 24.3 Å². The Morgan fingerprint density at radius 1 is 1.29 bits per heavy atom. The highest BCUT2D eigenvalue weighted by molar-refractivity contribution is 5.23. The third-order valence-corrected chi connectivity index (χ3v) is 2.66. The van der Waals surface area contributed by atoms with Crippen molar-refractivity contribution in [1.29, 1.82) is 0 Å². The van der Waals surface area contributed by atoms with E-state index in [0.717, 1.165) is 5.56 Å². The molecule has 1 unspecified atom stereocenters. The first-order valence-corrected chi connectivity index (χ1v) is 5.02. The summed E-state index contributed by atoms with van der Waals surface area (Å²) >= 11 is 0. The van der Waals surface area contributed by atoms with Crippen molar-refractivity contribution in [3.05, 3.63) is 35.4 Å². The van der Waals surface area contributed by atoms with Gasteiger partial charge in [0.15, 0.2) is 0 Å². The van der Waals surface area contributed by atoms with Gasteiger partial charge in [0, 0.05) is 6.42 Å². The number of aryl methyl sites for hydroxylation is 1. The van der Waals surface area contributed by atoms with Crippen molar-refractivity contribution in [2.45, 2.75) is 31.4 Å². The van der Waals surface area contributed by atoms with Crippen molar-refractivity contribution in [2.24, 2.45) is 0 Å². The SMILES string of the molecule is Cc1ccc([C@@H]2CC(O)(C(F)(F)F)OO2)cc1. The highest BCUT2D eigenvalue weighted by Gasteiger charge is 2.61. The minimum Gasteiger partial charge on any atom is -0.356 e. The third kappa shape index (κ3) is 2.29. The molecule has 1 N–H and O–H groups in total. The summed E-state index contributed by atoms with van der Waals surface area (Å²) in [7, 11) is 0. The minimum absolute atomic E-state index is 0.538. The molecule has 94 valence electrons. The Morgan fingerprint density at radius 3 is 2.35 bits per heavy atom. The van der Waals surface area contributed by atoms with Crippen molar-refractivity contribution >= 4 is 0 Å². The van der Waals surface area contributed by atoms with Crippen LogP contribution in [0.25, 0.3) is 0 Å². The van der Waals surface area contributed by atoms with E-state index in [1.807, 2.05) is 6.92 Å². The molecule has 17 heavy (non-hydrogen) atoms. The summed E-state index contributed by atoms with van der Waals surface area (Å²) in [4.78, 5) is 8.58. The van der Waals surface area contributed by atoms with Crippen LogP contribution in [0.4, 0.5) is 13.2 Å². The maximum Gasteiger partial charge on any atom is 0.446 e. The molecule has 0 spiro atoms. The quantitative estimate of drug-likeness (QED) is 0.776. The van der Waals surface area contributed by atoms with Gasteiger partial charge in [-0.2, -0.15) is 18.1 Å². The summed E-state index contributed by atoms with van der Waals surface area (Å²) in [5.74, 6) is -3.22. The number of hydrogen-bond acceptors (Lipinski definition) is 3. The van der Waals surface area contributed by atoms with Gasteiger partial charge in [-0.05, 0) is 12.5 Å². The summed E-state index contributed by atoms with van der Waals surface area (Å²) in [6, 6.07) is 6.80. The molecule has 1 aliphatic rings. The van der Waals surface area contributed by atoms with Crippen LogP contribution in [-0.2, 0) is 9.78 Å². The predicted octanol–water partition coefficient (Wildman–Crippen LogP) is 2.64. The van der Waals surface area contributed by atoms with Gasteiger partial charge in [0.1, 0.15) is 6.10 Å². The van der Waals surface area contributed by atoms with Gasteiger partial charge in [-0.25, -0.2) is 4.89 Å². The molecule has 0 amide bonds. The van der Waals surface area contributed by atoms with Crippen LogP contribution in [0, 0.1) is 6.92 Å². The van der Waals surface area contributed by atoms with Crippen LogP contribution in [0.1, 0.15) is 23.7 Å². The maximum atomic E-state index is 12.4. The summed E-state index contributed by atoms with van der Waals surface area (Å²) in [6.45, 7) is 1.86. The zero-order chi connectivity index (χ0) is 12.7. The van der Waals surface area contributed by atoms with E-state index < -0.39 is 24.5 Å². The van der Waals surface area contributed by atoms with Gasteiger partial charge in [0.25, 0.3) is 5.79 Å². The second-order valence-electron chi connectivity index (χ2n) is 4.07. The molecule has 0 aliphatic carbocycles. The molecule has 1 heterocycles. The molecule has 0 saturated carbocycles. The number of benzene rings is 1. The van der Waals surface area contributed by atoms with Crippen LogP contribution in [0.3, 0.4) is 0 Å². The van der Waals surface area contributed by atoms with Crippen LogP contribution in [0.5, 0.6) is 0 Å². The summed E-state index contributed by atoms with van der Waals surface area (Å²) in [5, 5.41) is 9.24. The van der Waals surface area contributed by atoms with Crippen molar-refractivity contribution in [3.8, 4) is 0 Å². The highest BCUT2D eigenvalue weighted by atomic mass is 19.4. The first-order valence-electron chi connectivity index (χ1n) is 5.02. The zero-order valence-electron chi connectivity index (χ0n) is 8.99. The lowest BCUT2D eigenvalue weighted by Gasteiger charge is -2.21. The second-order valence-corrected chi connectivity index (χ2v) is 4.07. The van der Waals surface area contributed by atoms with Gasteiger partial charge in [-0.3, -0.25) is 0 Å². The lowest BCUT2D eigenvalue weighted by Crippen LogP contribution is -2.44. The van der Waals surface area contributed by atoms with E-state index in [9.17, 15) is 18.3 Å². The number of rotatable bonds is 1. The van der Waals surface area contributed by atoms with Gasteiger partial charge >= 0.3 is 6.18 Å². The van der Waals surface area contributed by atoms with Gasteiger partial charge in [-0.1, -0.05) is 29.8 Å². The molecule has 0 radical (unpaired) electrons. The van der Waals surface area contributed by atoms with E-state index in [4.69, 9.17) is 0 Å². The number of hydrogen-bond donors (Lipinski definition) is 1. The molecule has 3 nitrogen and oxygen atoms in total. The maximum absolute atomic E-state index is 12.4. The van der Waals surface area contributed by atoms with Crippen LogP contribution in [-0.4, -0.2) is 17.1 Å². The molecule has 1 saturated heterocycles. The predicted molar refractivity (Wildman–Crippen MR) is 51.7 cm³/mol. The minimum atomic E-state index is -4.87. The van der Waals surface area contributed by atoms with Crippen molar-refractivity contribution < 1.29 is 28.1 Å². The average Bonchev–Trinajstić information content (AvgIpc) is 2.63. The first kappa shape index (κ1) is 12.3. The van der Waals surface area contributed by atoms with E-state index >= 15 is 0 Å². The monoisotopic (exact) mass is 248 g/mol. The Morgan fingerprint density at radius 2 is 1.88 bits per heavy atom. The molecule has 0 bridgehead atoms. The third-order valence-electron chi connectivity index (χ3n) is 2.66. The molecule has 1 aromatic carbocycles. The molecular formula is C11H11F3O3. The van der Waals surface area contributed by atoms with Crippen molar-refractivity contribution in [3.63, 3.8) is 0 Å². The van der Waals surface area contributed by atoms with E-state index in [2.05, 4.69) is 9.78 Å². The van der Waals surface area contributed by atoms with E-state index in [1.54, 1.807) is 24.3 Å². The first-order chi connectivity index (χ1) is 7.82. The normalized spacial score (nSPS) is 29.6. The van der Waals surface area contributed by atoms with Gasteiger partial charge in [0.05, 0.1) is 0 Å². The summed E-state index contributed by atoms with van der Waals surface area (Å²) in [6.07, 6.45) is -6.45. The Hall–Kier alpha value is -1.11. The molecule has 6 heteroatoms. The van der Waals surface area contributed by atoms with Crippen LogP contribution in [0.2, 0.25) is 0 Å². The number of alkyl halides is 3. The van der Waals surface area contributed by atoms with E-state index in [0.29, 0.717) is 5.56 Å². The Balaban J connectivity index is 2.15. The lowest BCUT2D eigenvalue weighted by molar-refractivity contribution is -0.448. The largest absolute Gasteiger partial charge is 0.446 e. The molecule has 2 rings (SSSR count). The lowest BCUT2D eigenvalue weighted by atomic mass is 10.0. The average molecular weight is 248 g/mol. The fourth-order valence-electron chi connectivity index (χ4n) is 1.57. The molecule has 1 aliphatic heterocycles. The van der Waals surface area contributed by atoms with Crippen molar-refractivity contribution in [2.75, 3.05) is 0 Å². The fourth-order valence-corrected chi connectivity index (χ4v) is 1.57. The van der Waals surface area contributed by atoms with Crippen molar-refractivity contribution in [1.82, 2.24) is 0 Å². The molecular weight excluding hydrogens is 237 g/mol. The topological polar surface area (TPSA) is 38.7 Å². The fraction of sp³-hybridized carbons (Fsp3) is 0.455. The van der Waals surface area contributed by atoms with E-state index in [1.165, 1.54) is 0 Å². The highest BCUT2D eigenvalue weighted by Crippen LogP contribution is 2.45. The summed E-state index contributed by atoms with van der Waals surface area (Å²) in [5.41, 5.74) is 1.52.